The van der Waals surface area contributed by atoms with Crippen molar-refractivity contribution in [2.75, 3.05) is 6.54 Å². The van der Waals surface area contributed by atoms with Crippen LogP contribution in [-0.2, 0) is 32.7 Å². The molecule has 22 heavy (non-hydrogen) atoms. The molecule has 3 heterocycles. The van der Waals surface area contributed by atoms with Crippen molar-refractivity contribution in [1.82, 2.24) is 24.4 Å². The van der Waals surface area contributed by atoms with Crippen LogP contribution in [0.15, 0.2) is 18.7 Å². The molecule has 3 rings (SSSR count). The molecule has 0 fully saturated rings. The molecule has 8 heteroatoms. The van der Waals surface area contributed by atoms with Crippen LogP contribution in [0.3, 0.4) is 0 Å². The van der Waals surface area contributed by atoms with E-state index in [0.717, 1.165) is 24.9 Å². The highest BCUT2D eigenvalue weighted by molar-refractivity contribution is 5.10. The Hall–Kier alpha value is -1.83. The zero-order valence-electron chi connectivity index (χ0n) is 12.3. The second kappa shape index (κ2) is 5.75. The summed E-state index contributed by atoms with van der Waals surface area (Å²) < 4.78 is 41.6. The highest BCUT2D eigenvalue weighted by Crippen LogP contribution is 2.30. The number of nitrogens with one attached hydrogen (secondary N) is 1. The average molecular weight is 313 g/mol. The summed E-state index contributed by atoms with van der Waals surface area (Å²) >= 11 is 0. The summed E-state index contributed by atoms with van der Waals surface area (Å²) in [5.41, 5.74) is 0.296. The Morgan fingerprint density at radius 3 is 2.91 bits per heavy atom. The predicted octanol–water partition coefficient (Wildman–Crippen LogP) is 1.99. The Morgan fingerprint density at radius 2 is 2.23 bits per heavy atom. The molecule has 0 aliphatic carbocycles. The summed E-state index contributed by atoms with van der Waals surface area (Å²) in [5, 5.41) is 3.35. The molecule has 2 aromatic rings. The molecular weight excluding hydrogens is 295 g/mol. The van der Waals surface area contributed by atoms with Crippen LogP contribution >= 0.6 is 0 Å². The second-order valence-corrected chi connectivity index (χ2v) is 5.72. The normalized spacial score (nSPS) is 18.5. The second-order valence-electron chi connectivity index (χ2n) is 5.72. The molecule has 1 atom stereocenters. The van der Waals surface area contributed by atoms with Crippen molar-refractivity contribution >= 4 is 0 Å². The van der Waals surface area contributed by atoms with E-state index in [2.05, 4.69) is 15.3 Å². The Bertz CT molecular complexity index is 643. The van der Waals surface area contributed by atoms with Crippen molar-refractivity contribution in [2.24, 2.45) is 13.0 Å². The van der Waals surface area contributed by atoms with E-state index in [1.54, 1.807) is 17.1 Å². The van der Waals surface area contributed by atoms with Gasteiger partial charge in [0.25, 0.3) is 0 Å². The molecule has 0 saturated heterocycles. The van der Waals surface area contributed by atoms with Gasteiger partial charge in [-0.25, -0.2) is 9.97 Å². The van der Waals surface area contributed by atoms with Gasteiger partial charge in [0.05, 0.1) is 12.0 Å². The van der Waals surface area contributed by atoms with E-state index in [-0.39, 0.29) is 0 Å². The molecule has 0 saturated carbocycles. The zero-order chi connectivity index (χ0) is 15.7. The topological polar surface area (TPSA) is 47.7 Å². The number of alkyl halides is 3. The summed E-state index contributed by atoms with van der Waals surface area (Å²) in [5.74, 6) is 0.853. The lowest BCUT2D eigenvalue weighted by Crippen LogP contribution is -2.30. The van der Waals surface area contributed by atoms with Gasteiger partial charge in [0.15, 0.2) is 5.69 Å². The molecule has 0 unspecified atom stereocenters. The zero-order valence-corrected chi connectivity index (χ0v) is 12.3. The van der Waals surface area contributed by atoms with Crippen LogP contribution < -0.4 is 5.32 Å². The highest BCUT2D eigenvalue weighted by atomic mass is 19.4. The Morgan fingerprint density at radius 1 is 1.41 bits per heavy atom. The molecule has 0 amide bonds. The largest absolute Gasteiger partial charge is 0.434 e. The monoisotopic (exact) mass is 313 g/mol. The molecule has 1 aliphatic rings. The van der Waals surface area contributed by atoms with Gasteiger partial charge in [0.1, 0.15) is 5.82 Å². The molecule has 1 aliphatic heterocycles. The number of aryl methyl sites for hydroxylation is 2. The van der Waals surface area contributed by atoms with Crippen molar-refractivity contribution in [3.8, 4) is 0 Å². The number of hydrogen-bond donors (Lipinski definition) is 1. The molecule has 2 aromatic heterocycles. The van der Waals surface area contributed by atoms with Gasteiger partial charge in [0.2, 0.25) is 0 Å². The molecular formula is C14H18F3N5. The first-order valence-electron chi connectivity index (χ1n) is 7.22. The van der Waals surface area contributed by atoms with E-state index in [1.165, 1.54) is 0 Å². The Balaban J connectivity index is 1.55. The van der Waals surface area contributed by atoms with Crippen LogP contribution in [0.5, 0.6) is 0 Å². The van der Waals surface area contributed by atoms with Crippen molar-refractivity contribution in [3.05, 3.63) is 35.9 Å². The SMILES string of the molecule is Cn1cncc1CNC[C@H]1CCc2nc(C(F)(F)F)cn2C1. The molecule has 0 bridgehead atoms. The standard InChI is InChI=1S/C14H18F3N5/c1-21-9-19-6-11(21)5-18-4-10-2-3-13-20-12(14(15,16)17)8-22(13)7-10/h6,8-10,18H,2-5,7H2,1H3/t10-/m1/s1. The fourth-order valence-corrected chi connectivity index (χ4v) is 2.78. The van der Waals surface area contributed by atoms with Gasteiger partial charge in [-0.3, -0.25) is 0 Å². The van der Waals surface area contributed by atoms with Gasteiger partial charge >= 0.3 is 6.18 Å². The number of hydrogen-bond acceptors (Lipinski definition) is 3. The maximum absolute atomic E-state index is 12.7. The summed E-state index contributed by atoms with van der Waals surface area (Å²) in [6.07, 6.45) is 1.76. The molecule has 0 aromatic carbocycles. The van der Waals surface area contributed by atoms with E-state index in [0.29, 0.717) is 31.3 Å². The lowest BCUT2D eigenvalue weighted by Gasteiger charge is -2.24. The number of nitrogens with zero attached hydrogens (tertiary/aromatic N) is 4. The summed E-state index contributed by atoms with van der Waals surface area (Å²) in [6, 6.07) is 0. The van der Waals surface area contributed by atoms with Gasteiger partial charge in [-0.2, -0.15) is 13.2 Å². The first-order chi connectivity index (χ1) is 10.4. The van der Waals surface area contributed by atoms with Crippen molar-refractivity contribution in [2.45, 2.75) is 32.1 Å². The highest BCUT2D eigenvalue weighted by Gasteiger charge is 2.35. The van der Waals surface area contributed by atoms with Crippen LogP contribution in [-0.4, -0.2) is 25.6 Å². The lowest BCUT2D eigenvalue weighted by atomic mass is 9.99. The van der Waals surface area contributed by atoms with Crippen molar-refractivity contribution < 1.29 is 13.2 Å². The third-order valence-electron chi connectivity index (χ3n) is 4.04. The van der Waals surface area contributed by atoms with Gasteiger partial charge < -0.3 is 14.5 Å². The van der Waals surface area contributed by atoms with E-state index >= 15 is 0 Å². The first-order valence-corrected chi connectivity index (χ1v) is 7.22. The summed E-state index contributed by atoms with van der Waals surface area (Å²) in [7, 11) is 1.93. The molecule has 0 radical (unpaired) electrons. The number of rotatable bonds is 4. The molecule has 5 nitrogen and oxygen atoms in total. The smallest absolute Gasteiger partial charge is 0.337 e. The Labute approximate surface area is 126 Å². The van der Waals surface area contributed by atoms with E-state index < -0.39 is 11.9 Å². The number of imidazole rings is 2. The van der Waals surface area contributed by atoms with Crippen LogP contribution in [0, 0.1) is 5.92 Å². The molecule has 1 N–H and O–H groups in total. The van der Waals surface area contributed by atoms with E-state index in [4.69, 9.17) is 0 Å². The van der Waals surface area contributed by atoms with Crippen LogP contribution in [0.4, 0.5) is 13.2 Å². The van der Waals surface area contributed by atoms with Crippen LogP contribution in [0.2, 0.25) is 0 Å². The number of halogens is 3. The van der Waals surface area contributed by atoms with E-state index in [1.807, 2.05) is 11.6 Å². The van der Waals surface area contributed by atoms with Gasteiger partial charge in [-0.05, 0) is 12.3 Å². The molecule has 120 valence electrons. The number of fused-ring (bicyclic) bond motifs is 1. The predicted molar refractivity (Wildman–Crippen MR) is 74.0 cm³/mol. The summed E-state index contributed by atoms with van der Waals surface area (Å²) in [6.45, 7) is 2.05. The van der Waals surface area contributed by atoms with Crippen LogP contribution in [0.25, 0.3) is 0 Å². The average Bonchev–Trinajstić information content (AvgIpc) is 3.04. The fourth-order valence-electron chi connectivity index (χ4n) is 2.78. The maximum Gasteiger partial charge on any atom is 0.434 e. The van der Waals surface area contributed by atoms with Gasteiger partial charge in [-0.1, -0.05) is 0 Å². The molecule has 0 spiro atoms. The fraction of sp³-hybridized carbons (Fsp3) is 0.571. The third-order valence-corrected chi connectivity index (χ3v) is 4.04. The minimum atomic E-state index is -4.36. The summed E-state index contributed by atoms with van der Waals surface area (Å²) in [4.78, 5) is 7.74. The first kappa shape index (κ1) is 15.1. The van der Waals surface area contributed by atoms with Gasteiger partial charge in [-0.15, -0.1) is 0 Å². The third kappa shape index (κ3) is 3.16. The van der Waals surface area contributed by atoms with E-state index in [9.17, 15) is 13.2 Å². The maximum atomic E-state index is 12.7. The lowest BCUT2D eigenvalue weighted by molar-refractivity contribution is -0.141. The van der Waals surface area contributed by atoms with Crippen molar-refractivity contribution in [3.63, 3.8) is 0 Å². The van der Waals surface area contributed by atoms with Crippen molar-refractivity contribution in [1.29, 1.82) is 0 Å². The number of aromatic nitrogens is 4. The minimum absolute atomic E-state index is 0.316. The quantitative estimate of drug-likeness (QED) is 0.939. The Kier molecular flexibility index (Phi) is 3.94. The van der Waals surface area contributed by atoms with Gasteiger partial charge in [0, 0.05) is 45.5 Å². The minimum Gasteiger partial charge on any atom is -0.337 e. The van der Waals surface area contributed by atoms with Crippen LogP contribution in [0.1, 0.15) is 23.6 Å².